The van der Waals surface area contributed by atoms with Crippen LogP contribution in [0.5, 0.6) is 5.75 Å². The van der Waals surface area contributed by atoms with Crippen LogP contribution in [-0.2, 0) is 4.79 Å². The van der Waals surface area contributed by atoms with Crippen LogP contribution in [0, 0.1) is 5.92 Å². The zero-order valence-corrected chi connectivity index (χ0v) is 13.3. The summed E-state index contributed by atoms with van der Waals surface area (Å²) in [6, 6.07) is 8.33. The van der Waals surface area contributed by atoms with Crippen LogP contribution in [0.4, 0.5) is 0 Å². The summed E-state index contributed by atoms with van der Waals surface area (Å²) in [4.78, 5) is 13.9. The molecule has 0 saturated carbocycles. The highest BCUT2D eigenvalue weighted by Gasteiger charge is 2.28. The van der Waals surface area contributed by atoms with Crippen LogP contribution in [0.15, 0.2) is 24.3 Å². The van der Waals surface area contributed by atoms with E-state index in [9.17, 15) is 4.79 Å². The Kier molecular flexibility index (Phi) is 5.62. The van der Waals surface area contributed by atoms with Crippen LogP contribution >= 0.6 is 0 Å². The van der Waals surface area contributed by atoms with Crippen molar-refractivity contribution in [3.05, 3.63) is 29.8 Å². The molecule has 1 fully saturated rings. The third-order valence-electron chi connectivity index (χ3n) is 3.91. The molecular formula is C17H26N2O2. The van der Waals surface area contributed by atoms with Crippen molar-refractivity contribution < 1.29 is 9.53 Å². The molecule has 2 unspecified atom stereocenters. The van der Waals surface area contributed by atoms with Gasteiger partial charge < -0.3 is 15.0 Å². The minimum Gasteiger partial charge on any atom is -0.494 e. The second kappa shape index (κ2) is 7.46. The van der Waals surface area contributed by atoms with E-state index in [1.165, 1.54) is 5.56 Å². The van der Waals surface area contributed by atoms with Crippen molar-refractivity contribution in [2.24, 2.45) is 5.92 Å². The minimum atomic E-state index is 0.166. The molecule has 4 nitrogen and oxygen atoms in total. The van der Waals surface area contributed by atoms with Gasteiger partial charge >= 0.3 is 0 Å². The van der Waals surface area contributed by atoms with Gasteiger partial charge in [-0.25, -0.2) is 0 Å². The van der Waals surface area contributed by atoms with Crippen LogP contribution < -0.4 is 10.1 Å². The van der Waals surface area contributed by atoms with E-state index >= 15 is 0 Å². The predicted octanol–water partition coefficient (Wildman–Crippen LogP) is 2.60. The lowest BCUT2D eigenvalue weighted by Crippen LogP contribution is -2.34. The first kappa shape index (κ1) is 15.8. The van der Waals surface area contributed by atoms with Crippen LogP contribution in [-0.4, -0.2) is 37.6 Å². The molecule has 1 aliphatic heterocycles. The van der Waals surface area contributed by atoms with Gasteiger partial charge in [0.1, 0.15) is 5.75 Å². The minimum absolute atomic E-state index is 0.166. The summed E-state index contributed by atoms with van der Waals surface area (Å²) in [5.41, 5.74) is 1.19. The standard InChI is InChI=1S/C17H26N2O2/c1-4-9-21-15-7-5-14(6-8-15)16(18-3)12-19-11-13(2)10-17(19)20/h5-8,13,16,18H,4,9-12H2,1-3H3. The summed E-state index contributed by atoms with van der Waals surface area (Å²) in [7, 11) is 1.94. The molecule has 1 aromatic rings. The van der Waals surface area contributed by atoms with Gasteiger partial charge in [0.25, 0.3) is 0 Å². The van der Waals surface area contributed by atoms with Gasteiger partial charge in [-0.3, -0.25) is 4.79 Å². The molecule has 0 aromatic heterocycles. The number of benzene rings is 1. The van der Waals surface area contributed by atoms with E-state index in [2.05, 4.69) is 31.3 Å². The fourth-order valence-corrected chi connectivity index (χ4v) is 2.75. The summed E-state index contributed by atoms with van der Waals surface area (Å²) in [6.07, 6.45) is 1.69. The number of nitrogens with one attached hydrogen (secondary N) is 1. The van der Waals surface area contributed by atoms with E-state index in [-0.39, 0.29) is 11.9 Å². The molecule has 0 aliphatic carbocycles. The molecule has 2 rings (SSSR count). The van der Waals surface area contributed by atoms with Gasteiger partial charge in [-0.15, -0.1) is 0 Å². The molecule has 0 bridgehead atoms. The van der Waals surface area contributed by atoms with E-state index < -0.39 is 0 Å². The third kappa shape index (κ3) is 4.21. The number of hydrogen-bond acceptors (Lipinski definition) is 3. The highest BCUT2D eigenvalue weighted by molar-refractivity contribution is 5.78. The second-order valence-corrected chi connectivity index (χ2v) is 5.87. The molecule has 1 heterocycles. The third-order valence-corrected chi connectivity index (χ3v) is 3.91. The highest BCUT2D eigenvalue weighted by Crippen LogP contribution is 2.23. The van der Waals surface area contributed by atoms with E-state index in [0.717, 1.165) is 31.9 Å². The molecule has 0 radical (unpaired) electrons. The van der Waals surface area contributed by atoms with Gasteiger partial charge in [-0.05, 0) is 37.1 Å². The van der Waals surface area contributed by atoms with Gasteiger partial charge in [0.15, 0.2) is 0 Å². The van der Waals surface area contributed by atoms with E-state index in [4.69, 9.17) is 4.74 Å². The Hall–Kier alpha value is -1.55. The Bertz CT molecular complexity index is 458. The van der Waals surface area contributed by atoms with E-state index in [1.54, 1.807) is 0 Å². The van der Waals surface area contributed by atoms with Crippen molar-refractivity contribution in [3.8, 4) is 5.75 Å². The Morgan fingerprint density at radius 1 is 1.38 bits per heavy atom. The highest BCUT2D eigenvalue weighted by atomic mass is 16.5. The number of likely N-dealkylation sites (N-methyl/N-ethyl adjacent to an activating group) is 1. The molecule has 2 atom stereocenters. The molecule has 21 heavy (non-hydrogen) atoms. The normalized spacial score (nSPS) is 19.9. The van der Waals surface area contributed by atoms with Crippen molar-refractivity contribution in [1.82, 2.24) is 10.2 Å². The molecule has 4 heteroatoms. The number of hydrogen-bond donors (Lipinski definition) is 1. The van der Waals surface area contributed by atoms with Crippen LogP contribution in [0.1, 0.15) is 38.3 Å². The van der Waals surface area contributed by atoms with E-state index in [0.29, 0.717) is 12.3 Å². The maximum atomic E-state index is 11.9. The summed E-state index contributed by atoms with van der Waals surface area (Å²) in [6.45, 7) is 6.57. The molecule has 116 valence electrons. The van der Waals surface area contributed by atoms with Gasteiger partial charge in [-0.1, -0.05) is 26.0 Å². The first-order valence-electron chi connectivity index (χ1n) is 7.81. The molecular weight excluding hydrogens is 264 g/mol. The maximum Gasteiger partial charge on any atom is 0.222 e. The lowest BCUT2D eigenvalue weighted by atomic mass is 10.1. The monoisotopic (exact) mass is 290 g/mol. The van der Waals surface area contributed by atoms with Crippen molar-refractivity contribution in [3.63, 3.8) is 0 Å². The second-order valence-electron chi connectivity index (χ2n) is 5.87. The summed E-state index contributed by atoms with van der Waals surface area (Å²) >= 11 is 0. The van der Waals surface area contributed by atoms with Gasteiger partial charge in [0.05, 0.1) is 6.61 Å². The van der Waals surface area contributed by atoms with Gasteiger partial charge in [0.2, 0.25) is 5.91 Å². The number of nitrogens with zero attached hydrogens (tertiary/aromatic N) is 1. The SMILES string of the molecule is CCCOc1ccc(C(CN2CC(C)CC2=O)NC)cc1. The Labute approximate surface area is 127 Å². The predicted molar refractivity (Wildman–Crippen MR) is 84.4 cm³/mol. The Balaban J connectivity index is 1.98. The molecule has 1 aliphatic rings. The number of carbonyl (C=O) groups excluding carboxylic acids is 1. The van der Waals surface area contributed by atoms with Crippen molar-refractivity contribution in [2.75, 3.05) is 26.7 Å². The van der Waals surface area contributed by atoms with Gasteiger partial charge in [-0.2, -0.15) is 0 Å². The maximum absolute atomic E-state index is 11.9. The summed E-state index contributed by atoms with van der Waals surface area (Å²) < 4.78 is 5.60. The van der Waals surface area contributed by atoms with E-state index in [1.807, 2.05) is 24.1 Å². The van der Waals surface area contributed by atoms with Crippen molar-refractivity contribution in [2.45, 2.75) is 32.7 Å². The quantitative estimate of drug-likeness (QED) is 0.839. The summed E-state index contributed by atoms with van der Waals surface area (Å²) in [5, 5.41) is 3.31. The Morgan fingerprint density at radius 2 is 2.10 bits per heavy atom. The van der Waals surface area contributed by atoms with Gasteiger partial charge in [0, 0.05) is 25.6 Å². The lowest BCUT2D eigenvalue weighted by Gasteiger charge is -2.24. The molecule has 1 saturated heterocycles. The topological polar surface area (TPSA) is 41.6 Å². The molecule has 1 amide bonds. The number of carbonyl (C=O) groups is 1. The molecule has 1 aromatic carbocycles. The zero-order valence-electron chi connectivity index (χ0n) is 13.3. The first-order chi connectivity index (χ1) is 10.1. The summed E-state index contributed by atoms with van der Waals surface area (Å²) in [5.74, 6) is 1.65. The smallest absolute Gasteiger partial charge is 0.222 e. The zero-order chi connectivity index (χ0) is 15.2. The van der Waals surface area contributed by atoms with Crippen molar-refractivity contribution in [1.29, 1.82) is 0 Å². The fraction of sp³-hybridized carbons (Fsp3) is 0.588. The number of rotatable bonds is 7. The number of likely N-dealkylation sites (tertiary alicyclic amines) is 1. The first-order valence-corrected chi connectivity index (χ1v) is 7.81. The largest absolute Gasteiger partial charge is 0.494 e. The molecule has 0 spiro atoms. The fourth-order valence-electron chi connectivity index (χ4n) is 2.75. The molecule has 1 N–H and O–H groups in total. The Morgan fingerprint density at radius 3 is 2.62 bits per heavy atom. The average Bonchev–Trinajstić information content (AvgIpc) is 2.81. The average molecular weight is 290 g/mol. The van der Waals surface area contributed by atoms with Crippen LogP contribution in [0.2, 0.25) is 0 Å². The van der Waals surface area contributed by atoms with Crippen LogP contribution in [0.25, 0.3) is 0 Å². The van der Waals surface area contributed by atoms with Crippen LogP contribution in [0.3, 0.4) is 0 Å². The number of amides is 1. The lowest BCUT2D eigenvalue weighted by molar-refractivity contribution is -0.128. The number of ether oxygens (including phenoxy) is 1. The van der Waals surface area contributed by atoms with Crippen molar-refractivity contribution >= 4 is 5.91 Å².